The monoisotopic (exact) mass is 256 g/mol. The van der Waals surface area contributed by atoms with Crippen molar-refractivity contribution in [1.82, 2.24) is 4.90 Å². The van der Waals surface area contributed by atoms with Gasteiger partial charge >= 0.3 is 0 Å². The largest absolute Gasteiger partial charge is 0.381 e. The maximum Gasteiger partial charge on any atom is 0.203 e. The van der Waals surface area contributed by atoms with Crippen molar-refractivity contribution < 1.29 is 4.74 Å². The van der Waals surface area contributed by atoms with E-state index in [9.17, 15) is 4.79 Å². The van der Waals surface area contributed by atoms with E-state index in [0.29, 0.717) is 17.7 Å². The lowest BCUT2D eigenvalue weighted by Crippen LogP contribution is -2.24. The standard InChI is InChI=1S/C12H20N2O2S/c1-4-14(3)6-8-16-7-5-13-10-9(2)11(15)12(10)17/h13H,4-8H2,1-3H3. The van der Waals surface area contributed by atoms with E-state index >= 15 is 0 Å². The maximum atomic E-state index is 11.1. The molecule has 96 valence electrons. The summed E-state index contributed by atoms with van der Waals surface area (Å²) in [6.45, 7) is 7.93. The highest BCUT2D eigenvalue weighted by molar-refractivity contribution is 7.71. The predicted molar refractivity (Wildman–Crippen MR) is 73.1 cm³/mol. The highest BCUT2D eigenvalue weighted by Crippen LogP contribution is 2.14. The molecule has 0 radical (unpaired) electrons. The van der Waals surface area contributed by atoms with Crippen LogP contribution in [-0.4, -0.2) is 44.8 Å². The van der Waals surface area contributed by atoms with Gasteiger partial charge in [0.1, 0.15) is 4.51 Å². The fourth-order valence-electron chi connectivity index (χ4n) is 1.45. The summed E-state index contributed by atoms with van der Waals surface area (Å²) in [6.07, 6.45) is 0. The third-order valence-electron chi connectivity index (χ3n) is 2.85. The molecule has 0 fully saturated rings. The smallest absolute Gasteiger partial charge is 0.203 e. The third-order valence-corrected chi connectivity index (χ3v) is 3.24. The van der Waals surface area contributed by atoms with E-state index in [0.717, 1.165) is 30.9 Å². The van der Waals surface area contributed by atoms with Gasteiger partial charge in [0.25, 0.3) is 0 Å². The summed E-state index contributed by atoms with van der Waals surface area (Å²) < 4.78 is 5.89. The van der Waals surface area contributed by atoms with Crippen LogP contribution in [0.15, 0.2) is 4.79 Å². The van der Waals surface area contributed by atoms with E-state index in [1.54, 1.807) is 6.92 Å². The maximum absolute atomic E-state index is 11.1. The lowest BCUT2D eigenvalue weighted by Gasteiger charge is -2.14. The van der Waals surface area contributed by atoms with Crippen molar-refractivity contribution in [2.75, 3.05) is 45.2 Å². The second-order valence-electron chi connectivity index (χ2n) is 4.09. The highest BCUT2D eigenvalue weighted by atomic mass is 32.1. The zero-order valence-corrected chi connectivity index (χ0v) is 11.5. The molecule has 0 saturated carbocycles. The third kappa shape index (κ3) is 3.87. The van der Waals surface area contributed by atoms with Crippen molar-refractivity contribution in [2.24, 2.45) is 0 Å². The first-order valence-electron chi connectivity index (χ1n) is 5.88. The van der Waals surface area contributed by atoms with Gasteiger partial charge in [-0.25, -0.2) is 0 Å². The first kappa shape index (κ1) is 14.3. The molecular weight excluding hydrogens is 236 g/mol. The van der Waals surface area contributed by atoms with Gasteiger partial charge in [0, 0.05) is 18.7 Å². The number of hydrogen-bond donors (Lipinski definition) is 1. The van der Waals surface area contributed by atoms with Crippen LogP contribution in [0.5, 0.6) is 0 Å². The van der Waals surface area contributed by atoms with Crippen LogP contribution in [0, 0.1) is 11.4 Å². The van der Waals surface area contributed by atoms with Crippen LogP contribution in [0.3, 0.4) is 0 Å². The molecule has 0 unspecified atom stereocenters. The predicted octanol–water partition coefficient (Wildman–Crippen LogP) is 1.34. The van der Waals surface area contributed by atoms with E-state index in [1.165, 1.54) is 0 Å². The van der Waals surface area contributed by atoms with Gasteiger partial charge in [0.05, 0.1) is 18.9 Å². The summed E-state index contributed by atoms with van der Waals surface area (Å²) in [5.74, 6) is 0. The Morgan fingerprint density at radius 3 is 2.71 bits per heavy atom. The highest BCUT2D eigenvalue weighted by Gasteiger charge is 2.11. The van der Waals surface area contributed by atoms with Crippen LogP contribution in [0.1, 0.15) is 12.5 Å². The number of nitrogens with one attached hydrogen (secondary N) is 1. The van der Waals surface area contributed by atoms with Crippen molar-refractivity contribution in [3.63, 3.8) is 0 Å². The number of nitrogens with zero attached hydrogens (tertiary/aromatic N) is 1. The normalized spacial score (nSPS) is 11.3. The topological polar surface area (TPSA) is 41.6 Å². The van der Waals surface area contributed by atoms with Crippen molar-refractivity contribution in [3.8, 4) is 0 Å². The van der Waals surface area contributed by atoms with Gasteiger partial charge in [-0.2, -0.15) is 0 Å². The van der Waals surface area contributed by atoms with E-state index in [2.05, 4.69) is 24.2 Å². The molecule has 0 aliphatic rings. The van der Waals surface area contributed by atoms with Gasteiger partial charge < -0.3 is 15.0 Å². The molecule has 0 aliphatic carbocycles. The zero-order chi connectivity index (χ0) is 12.8. The zero-order valence-electron chi connectivity index (χ0n) is 10.7. The van der Waals surface area contributed by atoms with Crippen LogP contribution in [0.4, 0.5) is 5.69 Å². The molecule has 0 aromatic heterocycles. The first-order chi connectivity index (χ1) is 8.07. The molecule has 0 bridgehead atoms. The SMILES string of the molecule is CCN(C)CCOCCNc1c(C)c(=O)c1=S. The molecule has 4 nitrogen and oxygen atoms in total. The molecule has 0 spiro atoms. The van der Waals surface area contributed by atoms with Crippen LogP contribution >= 0.6 is 12.2 Å². The van der Waals surface area contributed by atoms with Gasteiger partial charge in [-0.05, 0) is 20.5 Å². The molecule has 1 rings (SSSR count). The Labute approximate surface area is 107 Å². The van der Waals surface area contributed by atoms with Gasteiger partial charge in [-0.1, -0.05) is 19.1 Å². The quantitative estimate of drug-likeness (QED) is 0.561. The summed E-state index contributed by atoms with van der Waals surface area (Å²) >= 11 is 4.94. The number of ether oxygens (including phenoxy) is 1. The van der Waals surface area contributed by atoms with Gasteiger partial charge in [0.15, 0.2) is 0 Å². The van der Waals surface area contributed by atoms with E-state index in [1.807, 2.05) is 0 Å². The molecule has 0 saturated heterocycles. The lowest BCUT2D eigenvalue weighted by molar-refractivity contribution is 0.121. The summed E-state index contributed by atoms with van der Waals surface area (Å²) in [5.41, 5.74) is 1.55. The summed E-state index contributed by atoms with van der Waals surface area (Å²) in [4.78, 5) is 13.3. The second kappa shape index (κ2) is 6.83. The number of anilines is 1. The van der Waals surface area contributed by atoms with Gasteiger partial charge in [-0.15, -0.1) is 0 Å². The average Bonchev–Trinajstić information content (AvgIpc) is 2.36. The van der Waals surface area contributed by atoms with E-state index in [-0.39, 0.29) is 5.43 Å². The Hall–Kier alpha value is -0.780. The molecular formula is C12H20N2O2S. The Bertz CT molecular complexity index is 424. The van der Waals surface area contributed by atoms with Crippen molar-refractivity contribution in [1.29, 1.82) is 0 Å². The summed E-state index contributed by atoms with van der Waals surface area (Å²) in [5, 5.41) is 3.13. The number of likely N-dealkylation sites (N-methyl/N-ethyl adjacent to an activating group) is 1. The van der Waals surface area contributed by atoms with Gasteiger partial charge in [-0.3, -0.25) is 4.79 Å². The minimum absolute atomic E-state index is 0.00649. The van der Waals surface area contributed by atoms with Crippen molar-refractivity contribution >= 4 is 17.9 Å². The van der Waals surface area contributed by atoms with E-state index < -0.39 is 0 Å². The average molecular weight is 256 g/mol. The van der Waals surface area contributed by atoms with Crippen LogP contribution in [0.2, 0.25) is 0 Å². The molecule has 1 aromatic carbocycles. The molecule has 0 amide bonds. The molecule has 0 aliphatic heterocycles. The van der Waals surface area contributed by atoms with Gasteiger partial charge in [0.2, 0.25) is 5.43 Å². The van der Waals surface area contributed by atoms with Crippen LogP contribution in [0.25, 0.3) is 0 Å². The molecule has 0 atom stereocenters. The fourth-order valence-corrected chi connectivity index (χ4v) is 1.83. The van der Waals surface area contributed by atoms with Crippen LogP contribution in [-0.2, 0) is 4.74 Å². The summed E-state index contributed by atoms with van der Waals surface area (Å²) in [6, 6.07) is 0. The lowest BCUT2D eigenvalue weighted by atomic mass is 10.1. The molecule has 17 heavy (non-hydrogen) atoms. The Morgan fingerprint density at radius 1 is 1.41 bits per heavy atom. The molecule has 1 N–H and O–H groups in total. The van der Waals surface area contributed by atoms with Crippen molar-refractivity contribution in [3.05, 3.63) is 20.3 Å². The Balaban J connectivity index is 2.10. The van der Waals surface area contributed by atoms with Crippen molar-refractivity contribution in [2.45, 2.75) is 13.8 Å². The van der Waals surface area contributed by atoms with Crippen LogP contribution < -0.4 is 10.7 Å². The Morgan fingerprint density at radius 2 is 2.12 bits per heavy atom. The fraction of sp³-hybridized carbons (Fsp3) is 0.667. The number of hydrogen-bond acceptors (Lipinski definition) is 5. The summed E-state index contributed by atoms with van der Waals surface area (Å²) in [7, 11) is 2.06. The molecule has 0 heterocycles. The Kier molecular flexibility index (Phi) is 5.74. The molecule has 1 aromatic rings. The number of rotatable bonds is 8. The second-order valence-corrected chi connectivity index (χ2v) is 4.50. The van der Waals surface area contributed by atoms with E-state index in [4.69, 9.17) is 17.0 Å². The minimum Gasteiger partial charge on any atom is -0.381 e. The molecule has 5 heteroatoms. The minimum atomic E-state index is -0.00649. The first-order valence-corrected chi connectivity index (χ1v) is 6.28.